The van der Waals surface area contributed by atoms with E-state index in [1.54, 1.807) is 18.2 Å². The lowest BCUT2D eigenvalue weighted by atomic mass is 10.0. The van der Waals surface area contributed by atoms with Crippen molar-refractivity contribution in [2.24, 2.45) is 0 Å². The van der Waals surface area contributed by atoms with Crippen LogP contribution < -0.4 is 10.2 Å². The van der Waals surface area contributed by atoms with E-state index in [4.69, 9.17) is 0 Å². The maximum Gasteiger partial charge on any atom is 0.251 e. The van der Waals surface area contributed by atoms with Gasteiger partial charge in [-0.05, 0) is 44.2 Å². The summed E-state index contributed by atoms with van der Waals surface area (Å²) in [5.74, 6) is -0.516. The van der Waals surface area contributed by atoms with Gasteiger partial charge >= 0.3 is 0 Å². The van der Waals surface area contributed by atoms with E-state index < -0.39 is 5.60 Å². The molecule has 0 atom stereocenters. The van der Waals surface area contributed by atoms with E-state index in [1.807, 2.05) is 11.9 Å². The number of carbonyl (C=O) groups excluding carboxylic acids is 1. The van der Waals surface area contributed by atoms with E-state index >= 15 is 0 Å². The Morgan fingerprint density at radius 2 is 2.05 bits per heavy atom. The molecule has 1 aliphatic rings. The molecule has 0 saturated heterocycles. The summed E-state index contributed by atoms with van der Waals surface area (Å²) in [5, 5.41) is 12.9. The molecular formula is C16H23FN2O2. The molecular weight excluding hydrogens is 271 g/mol. The van der Waals surface area contributed by atoms with Crippen LogP contribution in [0.4, 0.5) is 10.1 Å². The Morgan fingerprint density at radius 1 is 1.38 bits per heavy atom. The van der Waals surface area contributed by atoms with Gasteiger partial charge in [-0.15, -0.1) is 0 Å². The van der Waals surface area contributed by atoms with Crippen molar-refractivity contribution in [3.63, 3.8) is 0 Å². The predicted molar refractivity (Wildman–Crippen MR) is 80.7 cm³/mol. The highest BCUT2D eigenvalue weighted by Gasteiger charge is 2.38. The number of aliphatic hydroxyl groups is 1. The largest absolute Gasteiger partial charge is 0.380 e. The summed E-state index contributed by atoms with van der Waals surface area (Å²) in [6, 6.07) is 6.62. The van der Waals surface area contributed by atoms with Gasteiger partial charge in [-0.3, -0.25) is 4.79 Å². The highest BCUT2D eigenvalue weighted by molar-refractivity contribution is 5.85. The van der Waals surface area contributed by atoms with Gasteiger partial charge in [0, 0.05) is 20.1 Å². The molecule has 0 bridgehead atoms. The normalized spacial score (nSPS) is 16.7. The minimum atomic E-state index is -1.17. The molecule has 4 nitrogen and oxygen atoms in total. The van der Waals surface area contributed by atoms with Gasteiger partial charge in [0.1, 0.15) is 11.4 Å². The fraction of sp³-hybridized carbons (Fsp3) is 0.562. The van der Waals surface area contributed by atoms with Gasteiger partial charge in [0.05, 0.1) is 5.69 Å². The molecule has 1 aromatic rings. The Balaban J connectivity index is 1.72. The Hall–Kier alpha value is -1.62. The Labute approximate surface area is 125 Å². The van der Waals surface area contributed by atoms with Gasteiger partial charge in [0.2, 0.25) is 0 Å². The molecule has 0 unspecified atom stereocenters. The Kier molecular flexibility index (Phi) is 5.17. The summed E-state index contributed by atoms with van der Waals surface area (Å²) in [6.45, 7) is 1.12. The van der Waals surface area contributed by atoms with Crippen molar-refractivity contribution >= 4 is 11.6 Å². The molecule has 0 radical (unpaired) electrons. The van der Waals surface area contributed by atoms with Crippen molar-refractivity contribution < 1.29 is 14.3 Å². The number of hydrogen-bond acceptors (Lipinski definition) is 3. The lowest BCUT2D eigenvalue weighted by Gasteiger charge is -2.22. The second-order valence-electron chi connectivity index (χ2n) is 5.72. The fourth-order valence-electron chi connectivity index (χ4n) is 2.75. The number of benzene rings is 1. The van der Waals surface area contributed by atoms with Crippen molar-refractivity contribution in [1.82, 2.24) is 5.32 Å². The molecule has 1 aliphatic carbocycles. The summed E-state index contributed by atoms with van der Waals surface area (Å²) in [7, 11) is 1.82. The monoisotopic (exact) mass is 294 g/mol. The predicted octanol–water partition coefficient (Wildman–Crippen LogP) is 2.07. The number of hydrogen-bond donors (Lipinski definition) is 2. The molecule has 116 valence electrons. The second-order valence-corrected chi connectivity index (χ2v) is 5.72. The van der Waals surface area contributed by atoms with Crippen molar-refractivity contribution in [2.45, 2.75) is 37.7 Å². The van der Waals surface area contributed by atoms with Gasteiger partial charge in [-0.25, -0.2) is 4.39 Å². The van der Waals surface area contributed by atoms with Crippen molar-refractivity contribution in [3.8, 4) is 0 Å². The van der Waals surface area contributed by atoms with Crippen LogP contribution in [0.1, 0.15) is 32.1 Å². The number of anilines is 1. The van der Waals surface area contributed by atoms with E-state index in [0.717, 1.165) is 12.8 Å². The molecule has 1 fully saturated rings. The number of rotatable bonds is 6. The average molecular weight is 294 g/mol. The fourth-order valence-corrected chi connectivity index (χ4v) is 2.75. The third-order valence-corrected chi connectivity index (χ3v) is 4.07. The van der Waals surface area contributed by atoms with E-state index in [0.29, 0.717) is 38.0 Å². The van der Waals surface area contributed by atoms with Crippen molar-refractivity contribution in [3.05, 3.63) is 30.1 Å². The molecule has 0 aliphatic heterocycles. The summed E-state index contributed by atoms with van der Waals surface area (Å²) in [5.41, 5.74) is -0.615. The number of amides is 1. The van der Waals surface area contributed by atoms with E-state index in [1.165, 1.54) is 6.07 Å². The van der Waals surface area contributed by atoms with Crippen LogP contribution in [0.15, 0.2) is 24.3 Å². The first kappa shape index (κ1) is 15.8. The third kappa shape index (κ3) is 3.94. The van der Waals surface area contributed by atoms with Crippen LogP contribution in [0.5, 0.6) is 0 Å². The first-order valence-electron chi connectivity index (χ1n) is 7.49. The molecule has 2 rings (SSSR count). The zero-order valence-electron chi connectivity index (χ0n) is 12.4. The summed E-state index contributed by atoms with van der Waals surface area (Å²) in [6.07, 6.45) is 3.61. The van der Waals surface area contributed by atoms with Gasteiger partial charge in [0.25, 0.3) is 5.91 Å². The van der Waals surface area contributed by atoms with Crippen LogP contribution in [-0.2, 0) is 4.79 Å². The van der Waals surface area contributed by atoms with Crippen LogP contribution in [0, 0.1) is 5.82 Å². The number of nitrogens with one attached hydrogen (secondary N) is 1. The third-order valence-electron chi connectivity index (χ3n) is 4.07. The topological polar surface area (TPSA) is 52.6 Å². The summed E-state index contributed by atoms with van der Waals surface area (Å²) >= 11 is 0. The summed E-state index contributed by atoms with van der Waals surface area (Å²) in [4.78, 5) is 13.7. The maximum atomic E-state index is 13.6. The van der Waals surface area contributed by atoms with Gasteiger partial charge in [-0.2, -0.15) is 0 Å². The minimum absolute atomic E-state index is 0.246. The molecule has 2 N–H and O–H groups in total. The smallest absolute Gasteiger partial charge is 0.251 e. The van der Waals surface area contributed by atoms with Crippen LogP contribution in [-0.4, -0.2) is 36.8 Å². The molecule has 5 heteroatoms. The lowest BCUT2D eigenvalue weighted by molar-refractivity contribution is -0.139. The van der Waals surface area contributed by atoms with Crippen molar-refractivity contribution in [2.75, 3.05) is 25.0 Å². The van der Waals surface area contributed by atoms with E-state index in [2.05, 4.69) is 5.32 Å². The highest BCUT2D eigenvalue weighted by atomic mass is 19.1. The van der Waals surface area contributed by atoms with Crippen LogP contribution in [0.25, 0.3) is 0 Å². The minimum Gasteiger partial charge on any atom is -0.380 e. The first-order chi connectivity index (χ1) is 10.0. The van der Waals surface area contributed by atoms with Gasteiger partial charge in [-0.1, -0.05) is 12.1 Å². The highest BCUT2D eigenvalue weighted by Crippen LogP contribution is 2.29. The number of para-hydroxylation sites is 1. The van der Waals surface area contributed by atoms with Crippen LogP contribution in [0.2, 0.25) is 0 Å². The molecule has 0 heterocycles. The zero-order chi connectivity index (χ0) is 15.3. The second kappa shape index (κ2) is 6.89. The zero-order valence-corrected chi connectivity index (χ0v) is 12.4. The molecule has 0 spiro atoms. The number of halogens is 1. The SMILES string of the molecule is CN(CCCNC(=O)C1(O)CCCC1)c1ccccc1F. The Bertz CT molecular complexity index is 487. The van der Waals surface area contributed by atoms with Gasteiger partial charge < -0.3 is 15.3 Å². The van der Waals surface area contributed by atoms with Crippen LogP contribution in [0.3, 0.4) is 0 Å². The molecule has 1 aromatic carbocycles. The molecule has 0 aromatic heterocycles. The number of nitrogens with zero attached hydrogens (tertiary/aromatic N) is 1. The summed E-state index contributed by atoms with van der Waals surface area (Å²) < 4.78 is 13.6. The maximum absolute atomic E-state index is 13.6. The first-order valence-corrected chi connectivity index (χ1v) is 7.49. The number of carbonyl (C=O) groups is 1. The molecule has 21 heavy (non-hydrogen) atoms. The van der Waals surface area contributed by atoms with E-state index in [-0.39, 0.29) is 11.7 Å². The Morgan fingerprint density at radius 3 is 2.71 bits per heavy atom. The lowest BCUT2D eigenvalue weighted by Crippen LogP contribution is -2.45. The van der Waals surface area contributed by atoms with Crippen molar-refractivity contribution in [1.29, 1.82) is 0 Å². The van der Waals surface area contributed by atoms with Gasteiger partial charge in [0.15, 0.2) is 0 Å². The van der Waals surface area contributed by atoms with Crippen LogP contribution >= 0.6 is 0 Å². The molecule has 1 amide bonds. The quantitative estimate of drug-likeness (QED) is 0.790. The average Bonchev–Trinajstić information content (AvgIpc) is 2.92. The molecule has 1 saturated carbocycles. The standard InChI is InChI=1S/C16H23FN2O2/c1-19(14-8-3-2-7-13(14)17)12-6-11-18-15(20)16(21)9-4-5-10-16/h2-3,7-8,21H,4-6,9-12H2,1H3,(H,18,20). The van der Waals surface area contributed by atoms with E-state index in [9.17, 15) is 14.3 Å².